The summed E-state index contributed by atoms with van der Waals surface area (Å²) in [5.41, 5.74) is 0.0393. The number of aromatic amines is 1. The Kier molecular flexibility index (Phi) is 5.36. The minimum absolute atomic E-state index is 0.0642. The summed E-state index contributed by atoms with van der Waals surface area (Å²) < 4.78 is 39.1. The Hall–Kier alpha value is -1.90. The molecular formula is C16H10Cl2F3N3OS. The summed E-state index contributed by atoms with van der Waals surface area (Å²) in [6.07, 6.45) is -4.63. The molecule has 1 heterocycles. The average molecular weight is 420 g/mol. The van der Waals surface area contributed by atoms with Crippen molar-refractivity contribution in [3.05, 3.63) is 52.0 Å². The molecule has 1 amide bonds. The number of hydrogen-bond acceptors (Lipinski definition) is 3. The Labute approximate surface area is 160 Å². The fraction of sp³-hybridized carbons (Fsp3) is 0.125. The number of nitrogens with one attached hydrogen (secondary N) is 2. The van der Waals surface area contributed by atoms with E-state index in [9.17, 15) is 18.0 Å². The molecule has 2 aromatic carbocycles. The van der Waals surface area contributed by atoms with Crippen molar-refractivity contribution in [2.24, 2.45) is 0 Å². The van der Waals surface area contributed by atoms with Crippen LogP contribution in [0.3, 0.4) is 0 Å². The highest BCUT2D eigenvalue weighted by Gasteiger charge is 2.34. The van der Waals surface area contributed by atoms with E-state index < -0.39 is 17.6 Å². The Morgan fingerprint density at radius 2 is 1.85 bits per heavy atom. The van der Waals surface area contributed by atoms with Gasteiger partial charge in [-0.05, 0) is 36.4 Å². The summed E-state index contributed by atoms with van der Waals surface area (Å²) in [5, 5.41) is 3.19. The lowest BCUT2D eigenvalue weighted by Gasteiger charge is -2.13. The van der Waals surface area contributed by atoms with Crippen LogP contribution in [-0.4, -0.2) is 21.6 Å². The van der Waals surface area contributed by atoms with Crippen molar-refractivity contribution in [2.45, 2.75) is 11.3 Å². The first-order valence-corrected chi connectivity index (χ1v) is 8.91. The number of carbonyl (C=O) groups is 1. The maximum absolute atomic E-state index is 13.0. The van der Waals surface area contributed by atoms with E-state index in [1.165, 1.54) is 6.07 Å². The van der Waals surface area contributed by atoms with Gasteiger partial charge in [-0.25, -0.2) is 4.98 Å². The highest BCUT2D eigenvalue weighted by Crippen LogP contribution is 2.36. The topological polar surface area (TPSA) is 57.8 Å². The van der Waals surface area contributed by atoms with Crippen molar-refractivity contribution in [1.29, 1.82) is 0 Å². The molecule has 0 fully saturated rings. The fourth-order valence-electron chi connectivity index (χ4n) is 2.21. The van der Waals surface area contributed by atoms with Crippen LogP contribution in [0.15, 0.2) is 41.6 Å². The number of carbonyl (C=O) groups excluding carboxylic acids is 1. The molecule has 0 radical (unpaired) electrons. The number of nitrogens with zero attached hydrogens (tertiary/aromatic N) is 1. The van der Waals surface area contributed by atoms with E-state index in [1.54, 1.807) is 18.2 Å². The van der Waals surface area contributed by atoms with Crippen LogP contribution in [0.25, 0.3) is 11.0 Å². The number of fused-ring (bicyclic) bond motifs is 1. The summed E-state index contributed by atoms with van der Waals surface area (Å²) in [5.74, 6) is -0.714. The number of rotatable bonds is 4. The molecular weight excluding hydrogens is 410 g/mol. The van der Waals surface area contributed by atoms with Crippen molar-refractivity contribution >= 4 is 57.6 Å². The molecule has 0 aliphatic heterocycles. The molecule has 10 heteroatoms. The van der Waals surface area contributed by atoms with Gasteiger partial charge in [0.25, 0.3) is 0 Å². The SMILES string of the molecule is O=C(CSc1nc2ccc(Cl)cc2[nH]1)Nc1ccc(Cl)cc1C(F)(F)F. The van der Waals surface area contributed by atoms with E-state index in [1.807, 2.05) is 0 Å². The fourth-order valence-corrected chi connectivity index (χ4v) is 3.24. The maximum atomic E-state index is 13.0. The first-order chi connectivity index (χ1) is 12.2. The van der Waals surface area contributed by atoms with Crippen LogP contribution < -0.4 is 5.32 Å². The van der Waals surface area contributed by atoms with Crippen LogP contribution in [0.2, 0.25) is 10.0 Å². The summed E-state index contributed by atoms with van der Waals surface area (Å²) >= 11 is 12.6. The van der Waals surface area contributed by atoms with E-state index in [0.717, 1.165) is 23.9 Å². The number of hydrogen-bond donors (Lipinski definition) is 2. The largest absolute Gasteiger partial charge is 0.418 e. The molecule has 0 unspecified atom stereocenters. The molecule has 0 saturated carbocycles. The lowest BCUT2D eigenvalue weighted by atomic mass is 10.1. The second-order valence-corrected chi connectivity index (χ2v) is 7.06. The summed E-state index contributed by atoms with van der Waals surface area (Å²) in [6.45, 7) is 0. The smallest absolute Gasteiger partial charge is 0.333 e. The Morgan fingerprint density at radius 1 is 1.15 bits per heavy atom. The zero-order chi connectivity index (χ0) is 18.9. The summed E-state index contributed by atoms with van der Waals surface area (Å²) in [6, 6.07) is 8.27. The highest BCUT2D eigenvalue weighted by molar-refractivity contribution is 7.99. The number of halogens is 5. The van der Waals surface area contributed by atoms with Crippen LogP contribution in [0.4, 0.5) is 18.9 Å². The predicted molar refractivity (Wildman–Crippen MR) is 96.9 cm³/mol. The lowest BCUT2D eigenvalue weighted by molar-refractivity contribution is -0.137. The van der Waals surface area contributed by atoms with Crippen molar-refractivity contribution in [1.82, 2.24) is 9.97 Å². The molecule has 26 heavy (non-hydrogen) atoms. The van der Waals surface area contributed by atoms with Crippen molar-refractivity contribution in [3.8, 4) is 0 Å². The van der Waals surface area contributed by atoms with Gasteiger partial charge in [-0.15, -0.1) is 0 Å². The van der Waals surface area contributed by atoms with Gasteiger partial charge in [-0.3, -0.25) is 4.79 Å². The van der Waals surface area contributed by atoms with E-state index in [0.29, 0.717) is 21.2 Å². The first-order valence-electron chi connectivity index (χ1n) is 7.17. The van der Waals surface area contributed by atoms with E-state index in [2.05, 4.69) is 15.3 Å². The van der Waals surface area contributed by atoms with Gasteiger partial charge in [0.2, 0.25) is 5.91 Å². The third-order valence-corrected chi connectivity index (χ3v) is 4.67. The van der Waals surface area contributed by atoms with Gasteiger partial charge in [0.15, 0.2) is 5.16 Å². The molecule has 3 rings (SSSR count). The quantitative estimate of drug-likeness (QED) is 0.539. The van der Waals surface area contributed by atoms with Crippen LogP contribution in [0, 0.1) is 0 Å². The minimum atomic E-state index is -4.63. The zero-order valence-corrected chi connectivity index (χ0v) is 15.2. The van der Waals surface area contributed by atoms with E-state index in [4.69, 9.17) is 23.2 Å². The lowest BCUT2D eigenvalue weighted by Crippen LogP contribution is -2.18. The molecule has 0 atom stereocenters. The Morgan fingerprint density at radius 3 is 2.58 bits per heavy atom. The molecule has 0 bridgehead atoms. The van der Waals surface area contributed by atoms with Gasteiger partial charge in [-0.1, -0.05) is 35.0 Å². The zero-order valence-electron chi connectivity index (χ0n) is 12.8. The number of imidazole rings is 1. The predicted octanol–water partition coefficient (Wildman–Crippen LogP) is 5.62. The van der Waals surface area contributed by atoms with Crippen LogP contribution >= 0.6 is 35.0 Å². The van der Waals surface area contributed by atoms with Gasteiger partial charge in [0.05, 0.1) is 28.0 Å². The number of aromatic nitrogens is 2. The van der Waals surface area contributed by atoms with Crippen LogP contribution in [0.1, 0.15) is 5.56 Å². The van der Waals surface area contributed by atoms with Crippen LogP contribution in [-0.2, 0) is 11.0 Å². The standard InChI is InChI=1S/C16H10Cl2F3N3OS/c17-8-1-3-11(10(5-8)16(19,20)21)22-14(25)7-26-15-23-12-4-2-9(18)6-13(12)24-15/h1-6H,7H2,(H,22,25)(H,23,24). The molecule has 1 aromatic heterocycles. The molecule has 2 N–H and O–H groups in total. The summed E-state index contributed by atoms with van der Waals surface area (Å²) in [7, 11) is 0. The summed E-state index contributed by atoms with van der Waals surface area (Å²) in [4.78, 5) is 19.3. The third kappa shape index (κ3) is 4.44. The molecule has 0 aliphatic carbocycles. The molecule has 0 aliphatic rings. The number of alkyl halides is 3. The second-order valence-electron chi connectivity index (χ2n) is 5.23. The monoisotopic (exact) mass is 419 g/mol. The molecule has 4 nitrogen and oxygen atoms in total. The molecule has 3 aromatic rings. The number of anilines is 1. The normalized spacial score (nSPS) is 11.7. The molecule has 0 spiro atoms. The minimum Gasteiger partial charge on any atom is -0.333 e. The van der Waals surface area contributed by atoms with Gasteiger partial charge < -0.3 is 10.3 Å². The first kappa shape index (κ1) is 18.9. The van der Waals surface area contributed by atoms with Gasteiger partial charge in [-0.2, -0.15) is 13.2 Å². The van der Waals surface area contributed by atoms with Crippen molar-refractivity contribution in [2.75, 3.05) is 11.1 Å². The van der Waals surface area contributed by atoms with Crippen molar-refractivity contribution < 1.29 is 18.0 Å². The maximum Gasteiger partial charge on any atom is 0.418 e. The number of amides is 1. The van der Waals surface area contributed by atoms with Crippen molar-refractivity contribution in [3.63, 3.8) is 0 Å². The molecule has 136 valence electrons. The number of thioether (sulfide) groups is 1. The Balaban J connectivity index is 1.69. The highest BCUT2D eigenvalue weighted by atomic mass is 35.5. The van der Waals surface area contributed by atoms with E-state index >= 15 is 0 Å². The number of benzene rings is 2. The van der Waals surface area contributed by atoms with Crippen LogP contribution in [0.5, 0.6) is 0 Å². The third-order valence-electron chi connectivity index (χ3n) is 3.32. The number of H-pyrrole nitrogens is 1. The van der Waals surface area contributed by atoms with Gasteiger partial charge in [0.1, 0.15) is 0 Å². The average Bonchev–Trinajstić information content (AvgIpc) is 2.95. The van der Waals surface area contributed by atoms with Gasteiger partial charge in [0, 0.05) is 10.0 Å². The van der Waals surface area contributed by atoms with Gasteiger partial charge >= 0.3 is 6.18 Å². The molecule has 0 saturated heterocycles. The Bertz CT molecular complexity index is 975. The second kappa shape index (κ2) is 7.38. The van der Waals surface area contributed by atoms with E-state index in [-0.39, 0.29) is 16.5 Å².